The molecule has 8 nitrogen and oxygen atoms in total. The highest BCUT2D eigenvalue weighted by Crippen LogP contribution is 2.25. The number of nitrogens with zero attached hydrogens (tertiary/aromatic N) is 3. The smallest absolute Gasteiger partial charge is 0.244 e. The van der Waals surface area contributed by atoms with E-state index in [2.05, 4.69) is 10.3 Å². The molecule has 0 aliphatic carbocycles. The first-order valence-electron chi connectivity index (χ1n) is 9.54. The molecule has 1 N–H and O–H groups in total. The summed E-state index contributed by atoms with van der Waals surface area (Å²) in [6.07, 6.45) is 1.31. The molecule has 1 amide bonds. The van der Waals surface area contributed by atoms with Crippen LogP contribution in [0.1, 0.15) is 5.56 Å². The number of ether oxygens (including phenoxy) is 1. The van der Waals surface area contributed by atoms with Gasteiger partial charge in [0.2, 0.25) is 15.9 Å². The molecule has 31 heavy (non-hydrogen) atoms. The minimum Gasteiger partial charge on any atom is -0.379 e. The van der Waals surface area contributed by atoms with Crippen LogP contribution in [0.4, 0.5) is 14.5 Å². The standard InChI is InChI=1S/C20H20F2N4O4S/c1-13-2-3-14(8-19(13)31(28,29)26-4-6-30-7-5-26)24-20(27)11-25-12-23-17-9-15(21)16(22)10-18(17)25/h2-3,8-10,12H,4-7,11H2,1H3,(H,24,27). The maximum atomic E-state index is 13.6. The summed E-state index contributed by atoms with van der Waals surface area (Å²) in [5.41, 5.74) is 1.36. The number of halogens is 2. The Morgan fingerprint density at radius 3 is 2.61 bits per heavy atom. The third-order valence-electron chi connectivity index (χ3n) is 5.04. The fourth-order valence-corrected chi connectivity index (χ4v) is 5.08. The van der Waals surface area contributed by atoms with Gasteiger partial charge in [-0.05, 0) is 24.6 Å². The maximum absolute atomic E-state index is 13.6. The number of carbonyl (C=O) groups excluding carboxylic acids is 1. The van der Waals surface area contributed by atoms with Crippen LogP contribution in [-0.4, -0.2) is 54.5 Å². The Kier molecular flexibility index (Phi) is 5.73. The molecule has 0 spiro atoms. The summed E-state index contributed by atoms with van der Waals surface area (Å²) in [6, 6.07) is 6.57. The van der Waals surface area contributed by atoms with Crippen molar-refractivity contribution >= 4 is 32.7 Å². The van der Waals surface area contributed by atoms with Gasteiger partial charge in [0.05, 0.1) is 35.5 Å². The van der Waals surface area contributed by atoms with E-state index in [1.54, 1.807) is 19.1 Å². The predicted octanol–water partition coefficient (Wildman–Crippen LogP) is 2.28. The van der Waals surface area contributed by atoms with E-state index in [0.717, 1.165) is 12.1 Å². The number of aryl methyl sites for hydroxylation is 1. The van der Waals surface area contributed by atoms with E-state index in [0.29, 0.717) is 24.5 Å². The van der Waals surface area contributed by atoms with Crippen LogP contribution in [-0.2, 0) is 26.1 Å². The third-order valence-corrected chi connectivity index (χ3v) is 7.08. The van der Waals surface area contributed by atoms with Crippen molar-refractivity contribution in [2.75, 3.05) is 31.6 Å². The second-order valence-electron chi connectivity index (χ2n) is 7.17. The zero-order valence-electron chi connectivity index (χ0n) is 16.6. The Morgan fingerprint density at radius 1 is 1.16 bits per heavy atom. The Hall–Kier alpha value is -2.89. The summed E-state index contributed by atoms with van der Waals surface area (Å²) >= 11 is 0. The van der Waals surface area contributed by atoms with Gasteiger partial charge in [0, 0.05) is 30.9 Å². The van der Waals surface area contributed by atoms with E-state index in [1.165, 1.54) is 21.3 Å². The van der Waals surface area contributed by atoms with Crippen LogP contribution in [0.5, 0.6) is 0 Å². The van der Waals surface area contributed by atoms with Gasteiger partial charge in [0.15, 0.2) is 11.6 Å². The van der Waals surface area contributed by atoms with Crippen LogP contribution in [0.3, 0.4) is 0 Å². The first-order chi connectivity index (χ1) is 14.8. The fourth-order valence-electron chi connectivity index (χ4n) is 3.42. The van der Waals surface area contributed by atoms with Crippen molar-refractivity contribution in [1.29, 1.82) is 0 Å². The van der Waals surface area contributed by atoms with Gasteiger partial charge in [-0.3, -0.25) is 4.79 Å². The largest absolute Gasteiger partial charge is 0.379 e. The molecule has 2 aromatic carbocycles. The van der Waals surface area contributed by atoms with Gasteiger partial charge in [-0.1, -0.05) is 6.07 Å². The van der Waals surface area contributed by atoms with Crippen LogP contribution in [0.25, 0.3) is 11.0 Å². The highest BCUT2D eigenvalue weighted by molar-refractivity contribution is 7.89. The lowest BCUT2D eigenvalue weighted by molar-refractivity contribution is -0.116. The van der Waals surface area contributed by atoms with Crippen molar-refractivity contribution in [3.05, 3.63) is 53.9 Å². The predicted molar refractivity (Wildman–Crippen MR) is 109 cm³/mol. The number of anilines is 1. The van der Waals surface area contributed by atoms with Crippen LogP contribution in [0.15, 0.2) is 41.6 Å². The number of amides is 1. The van der Waals surface area contributed by atoms with Crippen LogP contribution in [0.2, 0.25) is 0 Å². The quantitative estimate of drug-likeness (QED) is 0.644. The molecule has 0 unspecified atom stereocenters. The van der Waals surface area contributed by atoms with Gasteiger partial charge in [-0.2, -0.15) is 4.31 Å². The second kappa shape index (κ2) is 8.33. The zero-order chi connectivity index (χ0) is 22.2. The summed E-state index contributed by atoms with van der Waals surface area (Å²) in [5, 5.41) is 2.65. The number of aromatic nitrogens is 2. The minimum atomic E-state index is -3.73. The van der Waals surface area contributed by atoms with E-state index >= 15 is 0 Å². The Labute approximate surface area is 177 Å². The van der Waals surface area contributed by atoms with E-state index in [-0.39, 0.29) is 35.6 Å². The van der Waals surface area contributed by atoms with Crippen molar-refractivity contribution < 1.29 is 26.7 Å². The van der Waals surface area contributed by atoms with Gasteiger partial charge < -0.3 is 14.6 Å². The monoisotopic (exact) mass is 450 g/mol. The lowest BCUT2D eigenvalue weighted by Gasteiger charge is -2.26. The molecule has 1 aliphatic rings. The molecule has 1 aliphatic heterocycles. The molecule has 1 saturated heterocycles. The summed E-state index contributed by atoms with van der Waals surface area (Å²) in [5.74, 6) is -2.52. The van der Waals surface area contributed by atoms with Gasteiger partial charge in [-0.25, -0.2) is 22.2 Å². The van der Waals surface area contributed by atoms with Crippen molar-refractivity contribution in [2.45, 2.75) is 18.4 Å². The summed E-state index contributed by atoms with van der Waals surface area (Å²) in [4.78, 5) is 16.6. The molecule has 3 aromatic rings. The third kappa shape index (κ3) is 4.29. The van der Waals surface area contributed by atoms with E-state index in [4.69, 9.17) is 4.74 Å². The number of benzene rings is 2. The number of fused-ring (bicyclic) bond motifs is 1. The average molecular weight is 450 g/mol. The molecule has 0 saturated carbocycles. The number of morpholine rings is 1. The fraction of sp³-hybridized carbons (Fsp3) is 0.300. The molecule has 2 heterocycles. The Bertz CT molecular complexity index is 1250. The molecule has 0 bridgehead atoms. The van der Waals surface area contributed by atoms with Gasteiger partial charge >= 0.3 is 0 Å². The normalized spacial score (nSPS) is 15.3. The molecule has 0 radical (unpaired) electrons. The molecule has 0 atom stereocenters. The van der Waals surface area contributed by atoms with Crippen LogP contribution < -0.4 is 5.32 Å². The number of hydrogen-bond donors (Lipinski definition) is 1. The molecular formula is C20H20F2N4O4S. The van der Waals surface area contributed by atoms with Crippen molar-refractivity contribution in [3.8, 4) is 0 Å². The van der Waals surface area contributed by atoms with Crippen molar-refractivity contribution in [3.63, 3.8) is 0 Å². The molecular weight excluding hydrogens is 430 g/mol. The first-order valence-corrected chi connectivity index (χ1v) is 11.0. The average Bonchev–Trinajstić information content (AvgIpc) is 3.11. The lowest BCUT2D eigenvalue weighted by atomic mass is 10.2. The van der Waals surface area contributed by atoms with Crippen LogP contribution >= 0.6 is 0 Å². The SMILES string of the molecule is Cc1ccc(NC(=O)Cn2cnc3cc(F)c(F)cc32)cc1S(=O)(=O)N1CCOCC1. The van der Waals surface area contributed by atoms with Crippen molar-refractivity contribution in [2.24, 2.45) is 0 Å². The Balaban J connectivity index is 1.54. The number of rotatable bonds is 5. The first kappa shape index (κ1) is 21.3. The zero-order valence-corrected chi connectivity index (χ0v) is 17.5. The Morgan fingerprint density at radius 2 is 1.87 bits per heavy atom. The summed E-state index contributed by atoms with van der Waals surface area (Å²) in [7, 11) is -3.73. The maximum Gasteiger partial charge on any atom is 0.244 e. The molecule has 1 aromatic heterocycles. The second-order valence-corrected chi connectivity index (χ2v) is 9.08. The highest BCUT2D eigenvalue weighted by atomic mass is 32.2. The minimum absolute atomic E-state index is 0.109. The molecule has 164 valence electrons. The summed E-state index contributed by atoms with van der Waals surface area (Å²) < 4.78 is 60.8. The summed E-state index contributed by atoms with van der Waals surface area (Å²) in [6.45, 7) is 2.67. The number of nitrogens with one attached hydrogen (secondary N) is 1. The van der Waals surface area contributed by atoms with E-state index in [1.807, 2.05) is 0 Å². The van der Waals surface area contributed by atoms with E-state index < -0.39 is 27.6 Å². The van der Waals surface area contributed by atoms with Gasteiger partial charge in [0.1, 0.15) is 6.54 Å². The van der Waals surface area contributed by atoms with Crippen molar-refractivity contribution in [1.82, 2.24) is 13.9 Å². The molecule has 11 heteroatoms. The number of imidazole rings is 1. The number of sulfonamides is 1. The topological polar surface area (TPSA) is 93.5 Å². The highest BCUT2D eigenvalue weighted by Gasteiger charge is 2.28. The van der Waals surface area contributed by atoms with Gasteiger partial charge in [-0.15, -0.1) is 0 Å². The lowest BCUT2D eigenvalue weighted by Crippen LogP contribution is -2.40. The number of hydrogen-bond acceptors (Lipinski definition) is 5. The molecule has 1 fully saturated rings. The van der Waals surface area contributed by atoms with E-state index in [9.17, 15) is 22.0 Å². The molecule has 4 rings (SSSR count). The number of carbonyl (C=O) groups is 1. The van der Waals surface area contributed by atoms with Gasteiger partial charge in [0.25, 0.3) is 0 Å². The van der Waals surface area contributed by atoms with Crippen LogP contribution in [0, 0.1) is 18.6 Å².